The van der Waals surface area contributed by atoms with Crippen LogP contribution in [0.2, 0.25) is 0 Å². The normalized spacial score (nSPS) is 13.7. The Bertz CT molecular complexity index is 1260. The van der Waals surface area contributed by atoms with Crippen molar-refractivity contribution in [2.75, 3.05) is 6.54 Å². The molecule has 0 fully saturated rings. The standard InChI is InChI=1S/C32H50BN7O6/c1-4-5-8-21-10-12-22(13-11-21)23-14-16-24(17-15-23)28(41)37-25(9-6-7-18-34)29(42)39-27(35)31(44)38-26(19-20(2)3)30(43)40-32(36)33(45)46/h10-17,20,25-27,32,45-46H,4-9,18-19,34-36H2,1-3H3,(H,37,41)(H,38,44)(H,39,42)(H,40,43)/t25-,26-,27+,32+/m0/s1. The smallest absolute Gasteiger partial charge is 0.425 e. The molecule has 13 nitrogen and oxygen atoms in total. The van der Waals surface area contributed by atoms with E-state index in [1.807, 2.05) is 26.0 Å². The Morgan fingerprint density at radius 3 is 1.89 bits per heavy atom. The molecular formula is C32H50BN7O6. The molecule has 0 aliphatic rings. The Balaban J connectivity index is 2.07. The van der Waals surface area contributed by atoms with E-state index in [2.05, 4.69) is 52.5 Å². The van der Waals surface area contributed by atoms with E-state index in [-0.39, 0.29) is 18.8 Å². The van der Waals surface area contributed by atoms with Crippen molar-refractivity contribution >= 4 is 30.7 Å². The highest BCUT2D eigenvalue weighted by molar-refractivity contribution is 6.43. The zero-order chi connectivity index (χ0) is 34.2. The number of hydrogen-bond donors (Lipinski definition) is 9. The van der Waals surface area contributed by atoms with Crippen molar-refractivity contribution < 1.29 is 29.2 Å². The van der Waals surface area contributed by atoms with Gasteiger partial charge in [-0.2, -0.15) is 0 Å². The van der Waals surface area contributed by atoms with Crippen molar-refractivity contribution in [3.8, 4) is 11.1 Å². The summed E-state index contributed by atoms with van der Waals surface area (Å²) in [5.41, 5.74) is 20.7. The van der Waals surface area contributed by atoms with Gasteiger partial charge in [0.25, 0.3) is 11.8 Å². The number of nitrogens with two attached hydrogens (primary N) is 3. The minimum atomic E-state index is -2.00. The van der Waals surface area contributed by atoms with Crippen LogP contribution in [-0.2, 0) is 20.8 Å². The maximum absolute atomic E-state index is 13.2. The molecule has 0 aliphatic heterocycles. The molecule has 2 rings (SSSR count). The lowest BCUT2D eigenvalue weighted by atomic mass is 9.86. The summed E-state index contributed by atoms with van der Waals surface area (Å²) in [6, 6.07) is 11.8. The second-order valence-corrected chi connectivity index (χ2v) is 11.8. The van der Waals surface area contributed by atoms with E-state index < -0.39 is 55.1 Å². The number of carbonyl (C=O) groups is 4. The van der Waals surface area contributed by atoms with Crippen molar-refractivity contribution in [2.45, 2.75) is 90.0 Å². The largest absolute Gasteiger partial charge is 0.490 e. The number of nitrogens with one attached hydrogen (secondary N) is 4. The van der Waals surface area contributed by atoms with Crippen molar-refractivity contribution in [1.29, 1.82) is 0 Å². The Labute approximate surface area is 271 Å². The van der Waals surface area contributed by atoms with E-state index in [9.17, 15) is 29.2 Å². The third kappa shape index (κ3) is 12.9. The minimum Gasteiger partial charge on any atom is -0.425 e. The van der Waals surface area contributed by atoms with Crippen molar-refractivity contribution in [3.05, 3.63) is 59.7 Å². The number of benzene rings is 2. The van der Waals surface area contributed by atoms with Gasteiger partial charge in [-0.05, 0) is 79.8 Å². The predicted octanol–water partition coefficient (Wildman–Crippen LogP) is 0.269. The van der Waals surface area contributed by atoms with E-state index in [4.69, 9.17) is 17.2 Å². The highest BCUT2D eigenvalue weighted by Gasteiger charge is 2.30. The number of unbranched alkanes of at least 4 members (excludes halogenated alkanes) is 2. The molecule has 252 valence electrons. The van der Waals surface area contributed by atoms with Crippen LogP contribution >= 0.6 is 0 Å². The van der Waals surface area contributed by atoms with Gasteiger partial charge in [-0.3, -0.25) is 19.2 Å². The lowest BCUT2D eigenvalue weighted by Gasteiger charge is -2.25. The van der Waals surface area contributed by atoms with Crippen LogP contribution in [0.15, 0.2) is 48.5 Å². The molecule has 0 aromatic heterocycles. The van der Waals surface area contributed by atoms with Crippen LogP contribution < -0.4 is 38.5 Å². The van der Waals surface area contributed by atoms with Crippen LogP contribution in [0.3, 0.4) is 0 Å². The summed E-state index contributed by atoms with van der Waals surface area (Å²) in [5, 5.41) is 28.2. The van der Waals surface area contributed by atoms with Gasteiger partial charge in [-0.25, -0.2) is 0 Å². The minimum absolute atomic E-state index is 0.0376. The Hall–Kier alpha value is -3.82. The summed E-state index contributed by atoms with van der Waals surface area (Å²) in [6.45, 7) is 6.21. The molecule has 0 saturated carbocycles. The molecule has 4 amide bonds. The summed E-state index contributed by atoms with van der Waals surface area (Å²) in [5.74, 6) is -2.78. The van der Waals surface area contributed by atoms with E-state index in [0.717, 1.165) is 30.4 Å². The quantitative estimate of drug-likeness (QED) is 0.0582. The van der Waals surface area contributed by atoms with Crippen LogP contribution in [0.1, 0.15) is 75.2 Å². The lowest BCUT2D eigenvalue weighted by Crippen LogP contribution is -2.62. The van der Waals surface area contributed by atoms with Crippen LogP contribution in [0, 0.1) is 5.92 Å². The molecule has 46 heavy (non-hydrogen) atoms. The van der Waals surface area contributed by atoms with Gasteiger partial charge in [-0.1, -0.05) is 63.6 Å². The Morgan fingerprint density at radius 2 is 1.35 bits per heavy atom. The average molecular weight is 640 g/mol. The molecule has 2 aromatic rings. The highest BCUT2D eigenvalue weighted by Crippen LogP contribution is 2.21. The zero-order valence-corrected chi connectivity index (χ0v) is 27.0. The van der Waals surface area contributed by atoms with Gasteiger partial charge in [0.15, 0.2) is 6.17 Å². The fourth-order valence-corrected chi connectivity index (χ4v) is 4.69. The maximum atomic E-state index is 13.2. The highest BCUT2D eigenvalue weighted by atomic mass is 16.4. The SMILES string of the molecule is CCCCc1ccc(-c2ccc(C(=O)N[C@@H](CCCCN)C(=O)N[C@@H](N)C(=O)N[C@@H](CC(C)C)C(=O)N[C@@H](N)B(O)O)cc2)cc1. The van der Waals surface area contributed by atoms with Gasteiger partial charge >= 0.3 is 7.12 Å². The molecular weight excluding hydrogens is 589 g/mol. The first kappa shape index (κ1) is 38.4. The topological polar surface area (TPSA) is 235 Å². The Morgan fingerprint density at radius 1 is 0.761 bits per heavy atom. The first-order valence-electron chi connectivity index (χ1n) is 15.8. The lowest BCUT2D eigenvalue weighted by molar-refractivity contribution is -0.132. The zero-order valence-electron chi connectivity index (χ0n) is 27.0. The summed E-state index contributed by atoms with van der Waals surface area (Å²) >= 11 is 0. The van der Waals surface area contributed by atoms with Crippen molar-refractivity contribution in [2.24, 2.45) is 23.1 Å². The fraction of sp³-hybridized carbons (Fsp3) is 0.500. The predicted molar refractivity (Wildman–Crippen MR) is 178 cm³/mol. The molecule has 4 atom stereocenters. The van der Waals surface area contributed by atoms with Crippen LogP contribution in [-0.4, -0.2) is 71.7 Å². The fourth-order valence-electron chi connectivity index (χ4n) is 4.69. The van der Waals surface area contributed by atoms with E-state index in [1.54, 1.807) is 12.1 Å². The second kappa shape index (κ2) is 19.6. The van der Waals surface area contributed by atoms with Gasteiger partial charge in [0, 0.05) is 5.56 Å². The third-order valence-corrected chi connectivity index (χ3v) is 7.37. The number of rotatable bonds is 19. The first-order valence-corrected chi connectivity index (χ1v) is 15.8. The molecule has 0 heterocycles. The first-order chi connectivity index (χ1) is 21.9. The molecule has 0 saturated heterocycles. The summed E-state index contributed by atoms with van der Waals surface area (Å²) in [4.78, 5) is 51.8. The van der Waals surface area contributed by atoms with Gasteiger partial charge in [0.1, 0.15) is 18.1 Å². The molecule has 0 bridgehead atoms. The molecule has 2 aromatic carbocycles. The Kier molecular flexibility index (Phi) is 16.4. The summed E-state index contributed by atoms with van der Waals surface area (Å²) in [6.07, 6.45) is 3.36. The second-order valence-electron chi connectivity index (χ2n) is 11.8. The number of hydrogen-bond acceptors (Lipinski definition) is 9. The van der Waals surface area contributed by atoms with Gasteiger partial charge in [0.05, 0.1) is 0 Å². The molecule has 0 unspecified atom stereocenters. The number of carbonyl (C=O) groups excluding carboxylic acids is 4. The number of aryl methyl sites for hydroxylation is 1. The summed E-state index contributed by atoms with van der Waals surface area (Å²) < 4.78 is 0. The molecule has 0 aliphatic carbocycles. The summed E-state index contributed by atoms with van der Waals surface area (Å²) in [7, 11) is -2.00. The van der Waals surface area contributed by atoms with Gasteiger partial charge in [0.2, 0.25) is 11.8 Å². The van der Waals surface area contributed by atoms with Crippen LogP contribution in [0.5, 0.6) is 0 Å². The monoisotopic (exact) mass is 639 g/mol. The van der Waals surface area contributed by atoms with Crippen LogP contribution in [0.4, 0.5) is 0 Å². The van der Waals surface area contributed by atoms with Crippen LogP contribution in [0.25, 0.3) is 11.1 Å². The van der Waals surface area contributed by atoms with E-state index in [1.165, 1.54) is 5.56 Å². The van der Waals surface area contributed by atoms with Gasteiger partial charge < -0.3 is 48.5 Å². The van der Waals surface area contributed by atoms with E-state index in [0.29, 0.717) is 24.9 Å². The maximum Gasteiger partial charge on any atom is 0.490 e. The molecule has 0 radical (unpaired) electrons. The van der Waals surface area contributed by atoms with Gasteiger partial charge in [-0.15, -0.1) is 0 Å². The van der Waals surface area contributed by atoms with E-state index >= 15 is 0 Å². The average Bonchev–Trinajstić information content (AvgIpc) is 3.02. The molecule has 14 heteroatoms. The van der Waals surface area contributed by atoms with Crippen molar-refractivity contribution in [1.82, 2.24) is 21.3 Å². The molecule has 12 N–H and O–H groups in total. The third-order valence-electron chi connectivity index (χ3n) is 7.37. The molecule has 0 spiro atoms. The van der Waals surface area contributed by atoms with Crippen molar-refractivity contribution in [3.63, 3.8) is 0 Å². The number of amides is 4.